The van der Waals surface area contributed by atoms with E-state index in [0.29, 0.717) is 18.1 Å². The lowest BCUT2D eigenvalue weighted by Crippen LogP contribution is -2.51. The van der Waals surface area contributed by atoms with Crippen molar-refractivity contribution >= 4 is 0 Å². The van der Waals surface area contributed by atoms with Crippen molar-refractivity contribution in [1.82, 2.24) is 10.2 Å². The van der Waals surface area contributed by atoms with Crippen molar-refractivity contribution in [2.45, 2.75) is 57.8 Å². The van der Waals surface area contributed by atoms with Gasteiger partial charge in [0.15, 0.2) is 0 Å². The fourth-order valence-electron chi connectivity index (χ4n) is 1.96. The summed E-state index contributed by atoms with van der Waals surface area (Å²) >= 11 is 0. The topological polar surface area (TPSA) is 41.3 Å². The van der Waals surface area contributed by atoms with Gasteiger partial charge in [0.25, 0.3) is 0 Å². The molecule has 0 amide bonds. The summed E-state index contributed by atoms with van der Waals surface area (Å²) in [6, 6.07) is 2.02. The highest BCUT2D eigenvalue weighted by molar-refractivity contribution is 4.84. The van der Waals surface area contributed by atoms with E-state index in [1.165, 1.54) is 19.4 Å². The molecule has 0 spiro atoms. The van der Waals surface area contributed by atoms with Crippen LogP contribution >= 0.6 is 0 Å². The zero-order valence-corrected chi connectivity index (χ0v) is 9.96. The molecule has 3 N–H and O–H groups in total. The molecule has 1 aliphatic rings. The second-order valence-corrected chi connectivity index (χ2v) is 4.87. The molecule has 1 aliphatic heterocycles. The lowest BCUT2D eigenvalue weighted by atomic mass is 9.97. The Morgan fingerprint density at radius 1 is 1.43 bits per heavy atom. The van der Waals surface area contributed by atoms with Crippen LogP contribution in [0.2, 0.25) is 0 Å². The zero-order chi connectivity index (χ0) is 10.7. The molecule has 0 saturated carbocycles. The van der Waals surface area contributed by atoms with Gasteiger partial charge in [-0.15, -0.1) is 0 Å². The van der Waals surface area contributed by atoms with Crippen LogP contribution in [0.5, 0.6) is 0 Å². The highest BCUT2D eigenvalue weighted by Crippen LogP contribution is 2.15. The Hall–Kier alpha value is -0.120. The summed E-state index contributed by atoms with van der Waals surface area (Å²) in [6.07, 6.45) is 2.49. The Morgan fingerprint density at radius 3 is 2.57 bits per heavy atom. The predicted molar refractivity (Wildman–Crippen MR) is 61.4 cm³/mol. The summed E-state index contributed by atoms with van der Waals surface area (Å²) in [4.78, 5) is 2.43. The SMILES string of the molecule is CC(N)C(C)NC1CCN(C)C(C)C1. The van der Waals surface area contributed by atoms with Gasteiger partial charge in [-0.2, -0.15) is 0 Å². The van der Waals surface area contributed by atoms with E-state index >= 15 is 0 Å². The molecule has 84 valence electrons. The first-order chi connectivity index (χ1) is 6.50. The van der Waals surface area contributed by atoms with E-state index < -0.39 is 0 Å². The van der Waals surface area contributed by atoms with Gasteiger partial charge >= 0.3 is 0 Å². The minimum atomic E-state index is 0.241. The maximum absolute atomic E-state index is 5.84. The maximum Gasteiger partial charge on any atom is 0.0190 e. The number of rotatable bonds is 3. The average molecular weight is 199 g/mol. The molecule has 1 saturated heterocycles. The van der Waals surface area contributed by atoms with Gasteiger partial charge in [-0.05, 0) is 47.2 Å². The van der Waals surface area contributed by atoms with Gasteiger partial charge < -0.3 is 16.0 Å². The highest BCUT2D eigenvalue weighted by Gasteiger charge is 2.24. The van der Waals surface area contributed by atoms with E-state index in [1.54, 1.807) is 0 Å². The Morgan fingerprint density at radius 2 is 2.07 bits per heavy atom. The summed E-state index contributed by atoms with van der Waals surface area (Å²) in [6.45, 7) is 7.73. The lowest BCUT2D eigenvalue weighted by molar-refractivity contribution is 0.161. The van der Waals surface area contributed by atoms with E-state index in [2.05, 4.69) is 38.0 Å². The molecule has 0 aromatic rings. The first-order valence-electron chi connectivity index (χ1n) is 5.72. The molecular weight excluding hydrogens is 174 g/mol. The summed E-state index contributed by atoms with van der Waals surface area (Å²) in [5.74, 6) is 0. The van der Waals surface area contributed by atoms with Gasteiger partial charge in [-0.1, -0.05) is 0 Å². The molecule has 1 rings (SSSR count). The van der Waals surface area contributed by atoms with E-state index in [-0.39, 0.29) is 6.04 Å². The third kappa shape index (κ3) is 3.23. The Kier molecular flexibility index (Phi) is 4.35. The maximum atomic E-state index is 5.84. The first kappa shape index (κ1) is 12.0. The third-order valence-corrected chi connectivity index (χ3v) is 3.50. The van der Waals surface area contributed by atoms with Crippen molar-refractivity contribution in [3.8, 4) is 0 Å². The predicted octanol–water partition coefficient (Wildman–Crippen LogP) is 0.794. The average Bonchev–Trinajstić information content (AvgIpc) is 2.11. The molecule has 4 unspecified atom stereocenters. The molecule has 4 atom stereocenters. The smallest absolute Gasteiger partial charge is 0.0190 e. The molecule has 14 heavy (non-hydrogen) atoms. The van der Waals surface area contributed by atoms with Gasteiger partial charge in [-0.25, -0.2) is 0 Å². The monoisotopic (exact) mass is 199 g/mol. The van der Waals surface area contributed by atoms with Crippen molar-refractivity contribution in [3.05, 3.63) is 0 Å². The summed E-state index contributed by atoms with van der Waals surface area (Å²) < 4.78 is 0. The largest absolute Gasteiger partial charge is 0.327 e. The van der Waals surface area contributed by atoms with Gasteiger partial charge in [0.1, 0.15) is 0 Å². The molecule has 3 heteroatoms. The second-order valence-electron chi connectivity index (χ2n) is 4.87. The minimum Gasteiger partial charge on any atom is -0.327 e. The first-order valence-corrected chi connectivity index (χ1v) is 5.72. The normalized spacial score (nSPS) is 34.1. The number of hydrogen-bond acceptors (Lipinski definition) is 3. The van der Waals surface area contributed by atoms with Crippen LogP contribution in [0.3, 0.4) is 0 Å². The zero-order valence-electron chi connectivity index (χ0n) is 9.96. The summed E-state index contributed by atoms with van der Waals surface area (Å²) in [5, 5.41) is 3.62. The molecular formula is C11H25N3. The Balaban J connectivity index is 2.33. The van der Waals surface area contributed by atoms with Crippen LogP contribution < -0.4 is 11.1 Å². The van der Waals surface area contributed by atoms with Crippen LogP contribution in [-0.2, 0) is 0 Å². The van der Waals surface area contributed by atoms with E-state index in [0.717, 1.165) is 0 Å². The summed E-state index contributed by atoms with van der Waals surface area (Å²) in [5.41, 5.74) is 5.84. The number of nitrogens with one attached hydrogen (secondary N) is 1. The molecule has 0 aliphatic carbocycles. The van der Waals surface area contributed by atoms with E-state index in [1.807, 2.05) is 0 Å². The van der Waals surface area contributed by atoms with Crippen LogP contribution in [-0.4, -0.2) is 42.7 Å². The van der Waals surface area contributed by atoms with Crippen LogP contribution in [0, 0.1) is 0 Å². The van der Waals surface area contributed by atoms with Gasteiger partial charge in [0.2, 0.25) is 0 Å². The van der Waals surface area contributed by atoms with Crippen LogP contribution in [0.4, 0.5) is 0 Å². The van der Waals surface area contributed by atoms with Crippen LogP contribution in [0.25, 0.3) is 0 Å². The van der Waals surface area contributed by atoms with Crippen LogP contribution in [0.15, 0.2) is 0 Å². The third-order valence-electron chi connectivity index (χ3n) is 3.50. The van der Waals surface area contributed by atoms with E-state index in [4.69, 9.17) is 5.73 Å². The van der Waals surface area contributed by atoms with Crippen molar-refractivity contribution in [2.75, 3.05) is 13.6 Å². The number of piperidine rings is 1. The van der Waals surface area contributed by atoms with Gasteiger partial charge in [0, 0.05) is 24.2 Å². The molecule has 0 aromatic carbocycles. The second kappa shape index (κ2) is 5.10. The Bertz CT molecular complexity index is 170. The molecule has 0 aromatic heterocycles. The van der Waals surface area contributed by atoms with Gasteiger partial charge in [0.05, 0.1) is 0 Å². The van der Waals surface area contributed by atoms with Crippen molar-refractivity contribution in [1.29, 1.82) is 0 Å². The quantitative estimate of drug-likeness (QED) is 0.706. The fraction of sp³-hybridized carbons (Fsp3) is 1.00. The molecule has 0 radical (unpaired) electrons. The summed E-state index contributed by atoms with van der Waals surface area (Å²) in [7, 11) is 2.20. The van der Waals surface area contributed by atoms with Gasteiger partial charge in [-0.3, -0.25) is 0 Å². The number of nitrogens with zero attached hydrogens (tertiary/aromatic N) is 1. The lowest BCUT2D eigenvalue weighted by Gasteiger charge is -2.37. The van der Waals surface area contributed by atoms with E-state index in [9.17, 15) is 0 Å². The number of hydrogen-bond donors (Lipinski definition) is 2. The van der Waals surface area contributed by atoms with Crippen molar-refractivity contribution in [3.63, 3.8) is 0 Å². The van der Waals surface area contributed by atoms with Crippen LogP contribution in [0.1, 0.15) is 33.6 Å². The standard InChI is InChI=1S/C11H25N3/c1-8-7-11(5-6-14(8)4)13-10(3)9(2)12/h8-11,13H,5-7,12H2,1-4H3. The minimum absolute atomic E-state index is 0.241. The Labute approximate surface area is 88.0 Å². The van der Waals surface area contributed by atoms with Crippen molar-refractivity contribution < 1.29 is 0 Å². The fourth-order valence-corrected chi connectivity index (χ4v) is 1.96. The number of nitrogens with two attached hydrogens (primary N) is 1. The molecule has 1 fully saturated rings. The molecule has 3 nitrogen and oxygen atoms in total. The molecule has 1 heterocycles. The number of likely N-dealkylation sites (tertiary alicyclic amines) is 1. The highest BCUT2D eigenvalue weighted by atomic mass is 15.1. The van der Waals surface area contributed by atoms with Crippen molar-refractivity contribution in [2.24, 2.45) is 5.73 Å². The molecule has 0 bridgehead atoms.